The number of carbonyl (C=O) groups is 2. The molecule has 0 fully saturated rings. The fourth-order valence-electron chi connectivity index (χ4n) is 1.20. The van der Waals surface area contributed by atoms with Crippen LogP contribution in [0.5, 0.6) is 0 Å². The van der Waals surface area contributed by atoms with Crippen molar-refractivity contribution in [3.8, 4) is 0 Å². The molecular formula is C11H16N2O3S. The number of anilines is 1. The molecule has 5 nitrogen and oxygen atoms in total. The standard InChI is InChI=1S/C11H16N2O3S/c1-6(2)13(4)11(16)12-9-7(3)17-5-8(9)10(14)15/h5-6H,1-4H3,(H,12,16)(H,14,15). The van der Waals surface area contributed by atoms with Crippen LogP contribution in [-0.2, 0) is 0 Å². The first-order valence-electron chi connectivity index (χ1n) is 5.19. The number of hydrogen-bond acceptors (Lipinski definition) is 3. The fraction of sp³-hybridized carbons (Fsp3) is 0.455. The summed E-state index contributed by atoms with van der Waals surface area (Å²) in [6.45, 7) is 5.55. The molecule has 94 valence electrons. The first-order valence-corrected chi connectivity index (χ1v) is 6.07. The van der Waals surface area contributed by atoms with Crippen molar-refractivity contribution in [2.24, 2.45) is 0 Å². The number of aryl methyl sites for hydroxylation is 1. The van der Waals surface area contributed by atoms with E-state index in [1.165, 1.54) is 21.6 Å². The fourth-order valence-corrected chi connectivity index (χ4v) is 1.99. The molecule has 0 aliphatic heterocycles. The Morgan fingerprint density at radius 1 is 1.47 bits per heavy atom. The van der Waals surface area contributed by atoms with Crippen LogP contribution < -0.4 is 5.32 Å². The van der Waals surface area contributed by atoms with E-state index in [0.29, 0.717) is 5.69 Å². The normalized spacial score (nSPS) is 10.4. The third kappa shape index (κ3) is 2.97. The number of amides is 2. The van der Waals surface area contributed by atoms with Crippen molar-refractivity contribution < 1.29 is 14.7 Å². The predicted molar refractivity (Wildman–Crippen MR) is 67.9 cm³/mol. The molecule has 0 spiro atoms. The molecule has 6 heteroatoms. The van der Waals surface area contributed by atoms with Gasteiger partial charge in [0.2, 0.25) is 0 Å². The molecule has 0 aliphatic rings. The molecule has 1 aromatic heterocycles. The summed E-state index contributed by atoms with van der Waals surface area (Å²) in [4.78, 5) is 25.1. The van der Waals surface area contributed by atoms with Crippen LogP contribution in [0.15, 0.2) is 5.38 Å². The average molecular weight is 256 g/mol. The minimum Gasteiger partial charge on any atom is -0.478 e. The van der Waals surface area contributed by atoms with E-state index in [-0.39, 0.29) is 17.6 Å². The van der Waals surface area contributed by atoms with E-state index in [9.17, 15) is 9.59 Å². The summed E-state index contributed by atoms with van der Waals surface area (Å²) in [6, 6.07) is -0.244. The van der Waals surface area contributed by atoms with Gasteiger partial charge in [-0.05, 0) is 20.8 Å². The molecule has 0 saturated heterocycles. The van der Waals surface area contributed by atoms with Crippen molar-refractivity contribution in [1.29, 1.82) is 0 Å². The van der Waals surface area contributed by atoms with Gasteiger partial charge >= 0.3 is 12.0 Å². The molecule has 1 heterocycles. The Morgan fingerprint density at radius 3 is 2.53 bits per heavy atom. The van der Waals surface area contributed by atoms with E-state index in [1.807, 2.05) is 13.8 Å². The highest BCUT2D eigenvalue weighted by atomic mass is 32.1. The molecule has 17 heavy (non-hydrogen) atoms. The molecule has 1 aromatic rings. The number of carbonyl (C=O) groups excluding carboxylic acids is 1. The molecule has 0 radical (unpaired) electrons. The molecular weight excluding hydrogens is 240 g/mol. The molecule has 0 bridgehead atoms. The van der Waals surface area contributed by atoms with Gasteiger partial charge in [0.25, 0.3) is 0 Å². The van der Waals surface area contributed by atoms with Gasteiger partial charge in [-0.25, -0.2) is 9.59 Å². The van der Waals surface area contributed by atoms with E-state index >= 15 is 0 Å². The molecule has 0 aromatic carbocycles. The Bertz CT molecular complexity index is 440. The molecule has 2 N–H and O–H groups in total. The zero-order valence-electron chi connectivity index (χ0n) is 10.3. The van der Waals surface area contributed by atoms with Crippen molar-refractivity contribution >= 4 is 29.0 Å². The van der Waals surface area contributed by atoms with Gasteiger partial charge in [-0.15, -0.1) is 11.3 Å². The van der Waals surface area contributed by atoms with E-state index < -0.39 is 5.97 Å². The minimum absolute atomic E-state index is 0.0576. The second-order valence-electron chi connectivity index (χ2n) is 4.02. The summed E-state index contributed by atoms with van der Waals surface area (Å²) < 4.78 is 0. The number of thiophene rings is 1. The number of nitrogens with zero attached hydrogens (tertiary/aromatic N) is 1. The molecule has 1 rings (SSSR count). The Hall–Kier alpha value is -1.56. The van der Waals surface area contributed by atoms with Crippen LogP contribution in [0.25, 0.3) is 0 Å². The number of rotatable bonds is 3. The highest BCUT2D eigenvalue weighted by molar-refractivity contribution is 7.10. The van der Waals surface area contributed by atoms with Gasteiger partial charge in [0.05, 0.1) is 11.3 Å². The quantitative estimate of drug-likeness (QED) is 0.873. The minimum atomic E-state index is -1.03. The third-order valence-corrected chi connectivity index (χ3v) is 3.44. The zero-order chi connectivity index (χ0) is 13.2. The Morgan fingerprint density at radius 2 is 2.06 bits per heavy atom. The van der Waals surface area contributed by atoms with Crippen LogP contribution in [0.2, 0.25) is 0 Å². The lowest BCUT2D eigenvalue weighted by Crippen LogP contribution is -2.36. The van der Waals surface area contributed by atoms with Crippen LogP contribution >= 0.6 is 11.3 Å². The second kappa shape index (κ2) is 5.18. The lowest BCUT2D eigenvalue weighted by molar-refractivity contribution is 0.0698. The Kier molecular flexibility index (Phi) is 4.11. The molecule has 0 aliphatic carbocycles. The zero-order valence-corrected chi connectivity index (χ0v) is 11.1. The van der Waals surface area contributed by atoms with Crippen molar-refractivity contribution in [2.75, 3.05) is 12.4 Å². The maximum absolute atomic E-state index is 11.8. The van der Waals surface area contributed by atoms with Crippen LogP contribution in [-0.4, -0.2) is 35.1 Å². The van der Waals surface area contributed by atoms with Gasteiger partial charge in [-0.3, -0.25) is 0 Å². The van der Waals surface area contributed by atoms with E-state index in [0.717, 1.165) is 4.88 Å². The van der Waals surface area contributed by atoms with E-state index in [2.05, 4.69) is 5.32 Å². The van der Waals surface area contributed by atoms with Crippen LogP contribution in [0.1, 0.15) is 29.1 Å². The number of hydrogen-bond donors (Lipinski definition) is 2. The highest BCUT2D eigenvalue weighted by Gasteiger charge is 2.19. The van der Waals surface area contributed by atoms with Crippen molar-refractivity contribution in [2.45, 2.75) is 26.8 Å². The van der Waals surface area contributed by atoms with Crippen molar-refractivity contribution in [3.05, 3.63) is 15.8 Å². The van der Waals surface area contributed by atoms with E-state index in [1.54, 1.807) is 14.0 Å². The van der Waals surface area contributed by atoms with Crippen LogP contribution in [0.3, 0.4) is 0 Å². The number of carboxylic acid groups (broad SMARTS) is 1. The van der Waals surface area contributed by atoms with Gasteiger partial charge in [0, 0.05) is 23.3 Å². The molecule has 0 atom stereocenters. The van der Waals surface area contributed by atoms with Gasteiger partial charge in [-0.1, -0.05) is 0 Å². The number of urea groups is 1. The van der Waals surface area contributed by atoms with E-state index in [4.69, 9.17) is 5.11 Å². The van der Waals surface area contributed by atoms with Crippen molar-refractivity contribution in [1.82, 2.24) is 4.90 Å². The maximum atomic E-state index is 11.8. The smallest absolute Gasteiger partial charge is 0.338 e. The predicted octanol–water partition coefficient (Wildman–Crippen LogP) is 2.63. The first kappa shape index (κ1) is 13.5. The summed E-state index contributed by atoms with van der Waals surface area (Å²) in [5.41, 5.74) is 0.526. The number of aromatic carboxylic acids is 1. The Balaban J connectivity index is 2.92. The summed E-state index contributed by atoms with van der Waals surface area (Å²) in [5, 5.41) is 13.1. The Labute approximate surface area is 104 Å². The summed E-state index contributed by atoms with van der Waals surface area (Å²) >= 11 is 1.31. The van der Waals surface area contributed by atoms with Gasteiger partial charge in [-0.2, -0.15) is 0 Å². The van der Waals surface area contributed by atoms with Crippen LogP contribution in [0, 0.1) is 6.92 Å². The third-order valence-electron chi connectivity index (χ3n) is 2.53. The highest BCUT2D eigenvalue weighted by Crippen LogP contribution is 2.27. The topological polar surface area (TPSA) is 69.6 Å². The number of carboxylic acids is 1. The number of nitrogens with one attached hydrogen (secondary N) is 1. The molecule has 2 amide bonds. The lowest BCUT2D eigenvalue weighted by Gasteiger charge is -2.22. The average Bonchev–Trinajstić information content (AvgIpc) is 2.59. The largest absolute Gasteiger partial charge is 0.478 e. The van der Waals surface area contributed by atoms with Gasteiger partial charge < -0.3 is 15.3 Å². The SMILES string of the molecule is Cc1scc(C(=O)O)c1NC(=O)N(C)C(C)C. The van der Waals surface area contributed by atoms with Crippen molar-refractivity contribution in [3.63, 3.8) is 0 Å². The molecule has 0 saturated carbocycles. The van der Waals surface area contributed by atoms with Crippen LogP contribution in [0.4, 0.5) is 10.5 Å². The molecule has 0 unspecified atom stereocenters. The maximum Gasteiger partial charge on any atom is 0.338 e. The monoisotopic (exact) mass is 256 g/mol. The van der Waals surface area contributed by atoms with Gasteiger partial charge in [0.15, 0.2) is 0 Å². The first-order chi connectivity index (χ1) is 7.84. The summed E-state index contributed by atoms with van der Waals surface area (Å²) in [5.74, 6) is -1.03. The lowest BCUT2D eigenvalue weighted by atomic mass is 10.2. The summed E-state index contributed by atoms with van der Waals surface area (Å²) in [6.07, 6.45) is 0. The van der Waals surface area contributed by atoms with Gasteiger partial charge in [0.1, 0.15) is 0 Å². The second-order valence-corrected chi connectivity index (χ2v) is 5.10. The summed E-state index contributed by atoms with van der Waals surface area (Å²) in [7, 11) is 1.67.